The van der Waals surface area contributed by atoms with Gasteiger partial charge in [-0.25, -0.2) is 12.8 Å². The monoisotopic (exact) mass is 262 g/mol. The Morgan fingerprint density at radius 1 is 1.53 bits per heavy atom. The van der Waals surface area contributed by atoms with Gasteiger partial charge in [-0.3, -0.25) is 9.52 Å². The molecule has 3 N–H and O–H groups in total. The average Bonchev–Trinajstić information content (AvgIpc) is 2.22. The number of hydrogen-bond acceptors (Lipinski definition) is 5. The van der Waals surface area contributed by atoms with Crippen LogP contribution >= 0.6 is 0 Å². The molecule has 1 rings (SSSR count). The zero-order valence-corrected chi connectivity index (χ0v) is 9.75. The summed E-state index contributed by atoms with van der Waals surface area (Å²) < 4.78 is 42.1. The van der Waals surface area contributed by atoms with E-state index in [2.05, 4.69) is 4.74 Å². The Balaban J connectivity index is 2.83. The number of halogens is 1. The Bertz CT molecular complexity index is 530. The van der Waals surface area contributed by atoms with Gasteiger partial charge in [-0.15, -0.1) is 0 Å². The number of nitrogens with two attached hydrogens (primary N) is 1. The molecule has 0 spiro atoms. The van der Waals surface area contributed by atoms with Crippen molar-refractivity contribution < 1.29 is 22.3 Å². The highest BCUT2D eigenvalue weighted by molar-refractivity contribution is 7.93. The van der Waals surface area contributed by atoms with Crippen LogP contribution in [-0.4, -0.2) is 27.2 Å². The number of sulfonamides is 1. The standard InChI is InChI=1S/C9H11FN2O4S/c1-16-9(13)5-17(14,15)12-6-2-3-8(11)7(10)4-6/h2-4,12H,5,11H2,1H3. The number of esters is 1. The van der Waals surface area contributed by atoms with Gasteiger partial charge in [0.15, 0.2) is 5.75 Å². The molecule has 17 heavy (non-hydrogen) atoms. The molecule has 0 atom stereocenters. The summed E-state index contributed by atoms with van der Waals surface area (Å²) in [6.45, 7) is 0. The number of methoxy groups -OCH3 is 1. The van der Waals surface area contributed by atoms with Crippen molar-refractivity contribution in [2.24, 2.45) is 0 Å². The van der Waals surface area contributed by atoms with Crippen LogP contribution in [0.2, 0.25) is 0 Å². The van der Waals surface area contributed by atoms with Gasteiger partial charge < -0.3 is 10.5 Å². The number of carbonyl (C=O) groups excluding carboxylic acids is 1. The molecule has 0 amide bonds. The summed E-state index contributed by atoms with van der Waals surface area (Å²) in [6, 6.07) is 3.42. The van der Waals surface area contributed by atoms with E-state index in [1.807, 2.05) is 4.72 Å². The summed E-state index contributed by atoms with van der Waals surface area (Å²) in [5.74, 6) is -2.49. The average molecular weight is 262 g/mol. The number of anilines is 2. The van der Waals surface area contributed by atoms with E-state index >= 15 is 0 Å². The maximum absolute atomic E-state index is 13.0. The lowest BCUT2D eigenvalue weighted by Gasteiger charge is -2.07. The molecule has 0 aliphatic rings. The highest BCUT2D eigenvalue weighted by Crippen LogP contribution is 2.16. The van der Waals surface area contributed by atoms with Crippen molar-refractivity contribution in [3.05, 3.63) is 24.0 Å². The minimum atomic E-state index is -3.91. The van der Waals surface area contributed by atoms with Crippen LogP contribution < -0.4 is 10.5 Å². The van der Waals surface area contributed by atoms with E-state index in [1.54, 1.807) is 0 Å². The van der Waals surface area contributed by atoms with Crippen molar-refractivity contribution in [2.75, 3.05) is 23.3 Å². The number of ether oxygens (including phenoxy) is 1. The van der Waals surface area contributed by atoms with Crippen molar-refractivity contribution in [1.29, 1.82) is 0 Å². The second kappa shape index (κ2) is 5.00. The molecule has 0 saturated carbocycles. The van der Waals surface area contributed by atoms with Gasteiger partial charge in [-0.1, -0.05) is 0 Å². The van der Waals surface area contributed by atoms with Crippen molar-refractivity contribution in [3.8, 4) is 0 Å². The quantitative estimate of drug-likeness (QED) is 0.601. The second-order valence-electron chi connectivity index (χ2n) is 3.17. The Morgan fingerprint density at radius 3 is 2.71 bits per heavy atom. The molecule has 0 unspecified atom stereocenters. The Kier molecular flexibility index (Phi) is 3.89. The van der Waals surface area contributed by atoms with E-state index in [0.717, 1.165) is 13.2 Å². The van der Waals surface area contributed by atoms with E-state index < -0.39 is 27.6 Å². The van der Waals surface area contributed by atoms with Crippen LogP contribution in [0, 0.1) is 5.82 Å². The predicted octanol–water partition coefficient (Wildman–Crippen LogP) is 0.323. The first-order valence-corrected chi connectivity index (χ1v) is 6.11. The number of nitrogens with one attached hydrogen (secondary N) is 1. The molecule has 0 fully saturated rings. The van der Waals surface area contributed by atoms with Crippen LogP contribution in [0.3, 0.4) is 0 Å². The Hall–Kier alpha value is -1.83. The minimum absolute atomic E-state index is 0.0133. The van der Waals surface area contributed by atoms with Crippen LogP contribution in [0.4, 0.5) is 15.8 Å². The van der Waals surface area contributed by atoms with E-state index in [0.29, 0.717) is 0 Å². The molecule has 0 aliphatic carbocycles. The van der Waals surface area contributed by atoms with E-state index in [1.165, 1.54) is 12.1 Å². The van der Waals surface area contributed by atoms with Gasteiger partial charge >= 0.3 is 5.97 Å². The lowest BCUT2D eigenvalue weighted by Crippen LogP contribution is -2.23. The first-order valence-electron chi connectivity index (χ1n) is 4.46. The van der Waals surface area contributed by atoms with E-state index in [9.17, 15) is 17.6 Å². The first-order chi connectivity index (χ1) is 7.84. The smallest absolute Gasteiger partial charge is 0.322 e. The van der Waals surface area contributed by atoms with Gasteiger partial charge in [0.05, 0.1) is 18.5 Å². The van der Waals surface area contributed by atoms with Crippen LogP contribution in [0.15, 0.2) is 18.2 Å². The molecular formula is C9H11FN2O4S. The highest BCUT2D eigenvalue weighted by Gasteiger charge is 2.17. The third kappa shape index (κ3) is 3.91. The topological polar surface area (TPSA) is 98.5 Å². The van der Waals surface area contributed by atoms with Crippen LogP contribution in [0.1, 0.15) is 0 Å². The number of nitrogen functional groups attached to an aromatic ring is 1. The number of hydrogen-bond donors (Lipinski definition) is 2. The maximum atomic E-state index is 13.0. The maximum Gasteiger partial charge on any atom is 0.322 e. The van der Waals surface area contributed by atoms with E-state index in [4.69, 9.17) is 5.73 Å². The molecule has 6 nitrogen and oxygen atoms in total. The summed E-state index contributed by atoms with van der Waals surface area (Å²) in [6.07, 6.45) is 0. The Labute approximate surface area is 97.6 Å². The van der Waals surface area contributed by atoms with Gasteiger partial charge in [-0.2, -0.15) is 0 Å². The lowest BCUT2D eigenvalue weighted by molar-refractivity contribution is -0.137. The molecule has 94 valence electrons. The predicted molar refractivity (Wildman–Crippen MR) is 60.2 cm³/mol. The van der Waals surface area contributed by atoms with E-state index in [-0.39, 0.29) is 11.4 Å². The SMILES string of the molecule is COC(=O)CS(=O)(=O)Nc1ccc(N)c(F)c1. The van der Waals surface area contributed by atoms with Crippen molar-refractivity contribution in [1.82, 2.24) is 0 Å². The lowest BCUT2D eigenvalue weighted by atomic mass is 10.3. The molecule has 1 aromatic carbocycles. The summed E-state index contributed by atoms with van der Waals surface area (Å²) in [5, 5.41) is 0. The molecule has 8 heteroatoms. The summed E-state index contributed by atoms with van der Waals surface area (Å²) in [4.78, 5) is 10.8. The Morgan fingerprint density at radius 2 is 2.18 bits per heavy atom. The van der Waals surface area contributed by atoms with Crippen LogP contribution in [-0.2, 0) is 19.6 Å². The van der Waals surface area contributed by atoms with Gasteiger partial charge in [0, 0.05) is 6.07 Å². The van der Waals surface area contributed by atoms with Crippen LogP contribution in [0.25, 0.3) is 0 Å². The minimum Gasteiger partial charge on any atom is -0.468 e. The first kappa shape index (κ1) is 13.2. The van der Waals surface area contributed by atoms with Gasteiger partial charge in [0.1, 0.15) is 5.82 Å². The molecule has 0 saturated heterocycles. The molecular weight excluding hydrogens is 251 g/mol. The fourth-order valence-electron chi connectivity index (χ4n) is 1.02. The summed E-state index contributed by atoms with van der Waals surface area (Å²) in [5.41, 5.74) is 5.12. The molecule has 0 bridgehead atoms. The molecule has 0 radical (unpaired) electrons. The third-order valence-electron chi connectivity index (χ3n) is 1.81. The summed E-state index contributed by atoms with van der Waals surface area (Å²) >= 11 is 0. The third-order valence-corrected chi connectivity index (χ3v) is 2.97. The zero-order valence-electron chi connectivity index (χ0n) is 8.94. The normalized spacial score (nSPS) is 10.9. The van der Waals surface area contributed by atoms with Crippen LogP contribution in [0.5, 0.6) is 0 Å². The largest absolute Gasteiger partial charge is 0.468 e. The molecule has 0 aliphatic heterocycles. The molecule has 1 aromatic rings. The van der Waals surface area contributed by atoms with Crippen molar-refractivity contribution in [2.45, 2.75) is 0 Å². The molecule has 0 heterocycles. The number of carbonyl (C=O) groups is 1. The number of benzene rings is 1. The fourth-order valence-corrected chi connectivity index (χ4v) is 2.01. The highest BCUT2D eigenvalue weighted by atomic mass is 32.2. The molecule has 0 aromatic heterocycles. The number of rotatable bonds is 4. The van der Waals surface area contributed by atoms with Gasteiger partial charge in [0.25, 0.3) is 0 Å². The summed E-state index contributed by atoms with van der Waals surface area (Å²) in [7, 11) is -2.84. The van der Waals surface area contributed by atoms with Gasteiger partial charge in [-0.05, 0) is 12.1 Å². The van der Waals surface area contributed by atoms with Gasteiger partial charge in [0.2, 0.25) is 10.0 Å². The zero-order chi connectivity index (χ0) is 13.1. The fraction of sp³-hybridized carbons (Fsp3) is 0.222. The second-order valence-corrected chi connectivity index (χ2v) is 4.90. The van der Waals surface area contributed by atoms with Crippen molar-refractivity contribution in [3.63, 3.8) is 0 Å². The van der Waals surface area contributed by atoms with Crippen molar-refractivity contribution >= 4 is 27.4 Å².